The third-order valence-corrected chi connectivity index (χ3v) is 4.51. The van der Waals surface area contributed by atoms with Gasteiger partial charge in [-0.15, -0.1) is 0 Å². The normalized spacial score (nSPS) is 16.9. The monoisotopic (exact) mass is 417 g/mol. The lowest BCUT2D eigenvalue weighted by Crippen LogP contribution is -2.44. The third-order valence-electron chi connectivity index (χ3n) is 4.51. The van der Waals surface area contributed by atoms with Crippen molar-refractivity contribution < 1.29 is 14.3 Å². The van der Waals surface area contributed by atoms with Crippen molar-refractivity contribution in [3.63, 3.8) is 0 Å². The van der Waals surface area contributed by atoms with Gasteiger partial charge in [-0.3, -0.25) is 4.79 Å². The minimum Gasteiger partial charge on any atom is -0.444 e. The smallest absolute Gasteiger partial charge is 0.407 e. The lowest BCUT2D eigenvalue weighted by Gasteiger charge is -2.23. The number of guanidine groups is 1. The van der Waals surface area contributed by atoms with Crippen molar-refractivity contribution in [1.29, 1.82) is 0 Å². The molecule has 1 aliphatic rings. The van der Waals surface area contributed by atoms with Crippen molar-refractivity contribution >= 4 is 18.0 Å². The number of hydrogen-bond acceptors (Lipinski definition) is 4. The van der Waals surface area contributed by atoms with E-state index in [0.29, 0.717) is 25.2 Å². The highest BCUT2D eigenvalue weighted by Crippen LogP contribution is 2.13. The van der Waals surface area contributed by atoms with E-state index in [2.05, 4.69) is 20.9 Å². The number of alkyl carbamates (subject to hydrolysis) is 1. The highest BCUT2D eigenvalue weighted by atomic mass is 16.6. The summed E-state index contributed by atoms with van der Waals surface area (Å²) in [4.78, 5) is 30.8. The number of nitrogens with zero attached hydrogens (tertiary/aromatic N) is 2. The van der Waals surface area contributed by atoms with Crippen LogP contribution >= 0.6 is 0 Å². The summed E-state index contributed by atoms with van der Waals surface area (Å²) in [6.45, 7) is 12.9. The van der Waals surface area contributed by atoms with E-state index in [9.17, 15) is 9.59 Å². The maximum atomic E-state index is 12.0. The molecule has 0 saturated carbocycles. The molecule has 1 aromatic rings. The van der Waals surface area contributed by atoms with Crippen LogP contribution in [-0.2, 0) is 11.3 Å². The van der Waals surface area contributed by atoms with Gasteiger partial charge in [0.25, 0.3) is 5.91 Å². The van der Waals surface area contributed by atoms with Crippen LogP contribution in [-0.4, -0.2) is 60.7 Å². The second-order valence-corrected chi connectivity index (χ2v) is 8.30. The van der Waals surface area contributed by atoms with Crippen molar-refractivity contribution in [2.24, 2.45) is 4.99 Å². The zero-order chi connectivity index (χ0) is 22.1. The molecule has 1 fully saturated rings. The number of aliphatic imine (C=N–C) groups is 1. The Morgan fingerprint density at radius 1 is 1.13 bits per heavy atom. The summed E-state index contributed by atoms with van der Waals surface area (Å²) in [6, 6.07) is 7.52. The van der Waals surface area contributed by atoms with Gasteiger partial charge in [0.2, 0.25) is 0 Å². The van der Waals surface area contributed by atoms with Crippen molar-refractivity contribution in [3.8, 4) is 0 Å². The van der Waals surface area contributed by atoms with Crippen molar-refractivity contribution in [2.45, 2.75) is 59.2 Å². The fraction of sp³-hybridized carbons (Fsp3) is 0.591. The van der Waals surface area contributed by atoms with Crippen LogP contribution in [0.3, 0.4) is 0 Å². The Morgan fingerprint density at radius 2 is 1.80 bits per heavy atom. The summed E-state index contributed by atoms with van der Waals surface area (Å²) in [5, 5.41) is 9.05. The van der Waals surface area contributed by atoms with Crippen LogP contribution in [0.4, 0.5) is 4.79 Å². The van der Waals surface area contributed by atoms with E-state index in [4.69, 9.17) is 9.73 Å². The number of carbonyl (C=O) groups excluding carboxylic acids is 2. The first-order valence-corrected chi connectivity index (χ1v) is 10.6. The molecule has 0 aromatic heterocycles. The SMILES string of the molecule is CCNC(=O)c1ccc(CN=C(NCC)N2CCC(NC(=O)OC(C)(C)C)C2)cc1. The predicted octanol–water partition coefficient (Wildman–Crippen LogP) is 2.50. The summed E-state index contributed by atoms with van der Waals surface area (Å²) < 4.78 is 5.35. The van der Waals surface area contributed by atoms with Crippen LogP contribution in [0.15, 0.2) is 29.3 Å². The van der Waals surface area contributed by atoms with Crippen LogP contribution in [0.2, 0.25) is 0 Å². The molecule has 1 heterocycles. The van der Waals surface area contributed by atoms with Gasteiger partial charge in [-0.05, 0) is 58.7 Å². The average Bonchev–Trinajstić information content (AvgIpc) is 3.12. The summed E-state index contributed by atoms with van der Waals surface area (Å²) in [5.41, 5.74) is 1.17. The molecule has 0 spiro atoms. The van der Waals surface area contributed by atoms with E-state index in [-0.39, 0.29) is 18.0 Å². The largest absolute Gasteiger partial charge is 0.444 e. The Kier molecular flexibility index (Phi) is 8.50. The highest BCUT2D eigenvalue weighted by Gasteiger charge is 2.27. The van der Waals surface area contributed by atoms with Crippen molar-refractivity contribution in [2.75, 3.05) is 26.2 Å². The van der Waals surface area contributed by atoms with E-state index in [1.54, 1.807) is 0 Å². The molecular formula is C22H35N5O3. The number of nitrogens with one attached hydrogen (secondary N) is 3. The highest BCUT2D eigenvalue weighted by molar-refractivity contribution is 5.94. The Balaban J connectivity index is 1.94. The van der Waals surface area contributed by atoms with Gasteiger partial charge >= 0.3 is 6.09 Å². The number of carbonyl (C=O) groups is 2. The quantitative estimate of drug-likeness (QED) is 0.488. The number of likely N-dealkylation sites (tertiary alicyclic amines) is 1. The standard InChI is InChI=1S/C22H35N5O3/c1-6-23-19(28)17-10-8-16(9-11-17)14-25-20(24-7-2)27-13-12-18(15-27)26-21(29)30-22(3,4)5/h8-11,18H,6-7,12-15H2,1-5H3,(H,23,28)(H,24,25)(H,26,29). The Bertz CT molecular complexity index is 740. The van der Waals surface area contributed by atoms with E-state index >= 15 is 0 Å². The first-order chi connectivity index (χ1) is 14.2. The topological polar surface area (TPSA) is 95.1 Å². The summed E-state index contributed by atoms with van der Waals surface area (Å²) in [5.74, 6) is 0.750. The van der Waals surface area contributed by atoms with Gasteiger partial charge < -0.3 is 25.6 Å². The van der Waals surface area contributed by atoms with E-state index in [1.807, 2.05) is 58.9 Å². The zero-order valence-electron chi connectivity index (χ0n) is 18.7. The summed E-state index contributed by atoms with van der Waals surface area (Å²) >= 11 is 0. The fourth-order valence-electron chi connectivity index (χ4n) is 3.16. The molecule has 30 heavy (non-hydrogen) atoms. The molecule has 2 rings (SSSR count). The lowest BCUT2D eigenvalue weighted by molar-refractivity contribution is 0.0507. The summed E-state index contributed by atoms with van der Waals surface area (Å²) in [7, 11) is 0. The Morgan fingerprint density at radius 3 is 2.40 bits per heavy atom. The molecule has 8 heteroatoms. The number of rotatable bonds is 6. The molecule has 2 amide bonds. The first-order valence-electron chi connectivity index (χ1n) is 10.6. The number of hydrogen-bond donors (Lipinski definition) is 3. The molecule has 1 unspecified atom stereocenters. The van der Waals surface area contributed by atoms with Crippen LogP contribution in [0.1, 0.15) is 57.0 Å². The average molecular weight is 418 g/mol. The van der Waals surface area contributed by atoms with Gasteiger partial charge in [0.1, 0.15) is 5.60 Å². The molecule has 0 aliphatic carbocycles. The Hall–Kier alpha value is -2.77. The molecule has 0 radical (unpaired) electrons. The van der Waals surface area contributed by atoms with Gasteiger partial charge in [0.15, 0.2) is 5.96 Å². The van der Waals surface area contributed by atoms with Gasteiger partial charge in [0, 0.05) is 31.7 Å². The molecule has 1 aliphatic heterocycles. The van der Waals surface area contributed by atoms with Crippen molar-refractivity contribution in [3.05, 3.63) is 35.4 Å². The van der Waals surface area contributed by atoms with Gasteiger partial charge in [-0.25, -0.2) is 9.79 Å². The predicted molar refractivity (Wildman–Crippen MR) is 119 cm³/mol. The molecule has 166 valence electrons. The molecule has 0 bridgehead atoms. The van der Waals surface area contributed by atoms with Gasteiger partial charge in [0.05, 0.1) is 12.6 Å². The second-order valence-electron chi connectivity index (χ2n) is 8.30. The van der Waals surface area contributed by atoms with E-state index < -0.39 is 5.60 Å². The summed E-state index contributed by atoms with van der Waals surface area (Å²) in [6.07, 6.45) is 0.453. The van der Waals surface area contributed by atoms with E-state index in [1.165, 1.54) is 0 Å². The minimum absolute atomic E-state index is 0.0278. The number of amides is 2. The number of benzene rings is 1. The molecule has 1 aromatic carbocycles. The molecule has 3 N–H and O–H groups in total. The van der Waals surface area contributed by atoms with Crippen LogP contribution in [0, 0.1) is 0 Å². The van der Waals surface area contributed by atoms with Crippen LogP contribution in [0.25, 0.3) is 0 Å². The molecule has 8 nitrogen and oxygen atoms in total. The second kappa shape index (κ2) is 10.8. The fourth-order valence-corrected chi connectivity index (χ4v) is 3.16. The van der Waals surface area contributed by atoms with Crippen LogP contribution in [0.5, 0.6) is 0 Å². The first kappa shape index (κ1) is 23.5. The minimum atomic E-state index is -0.508. The molecule has 1 atom stereocenters. The lowest BCUT2D eigenvalue weighted by atomic mass is 10.1. The van der Waals surface area contributed by atoms with Gasteiger partial charge in [-0.1, -0.05) is 12.1 Å². The maximum Gasteiger partial charge on any atom is 0.407 e. The number of ether oxygens (including phenoxy) is 1. The van der Waals surface area contributed by atoms with Gasteiger partial charge in [-0.2, -0.15) is 0 Å². The zero-order valence-corrected chi connectivity index (χ0v) is 18.7. The Labute approximate surface area is 179 Å². The van der Waals surface area contributed by atoms with Crippen molar-refractivity contribution in [1.82, 2.24) is 20.9 Å². The van der Waals surface area contributed by atoms with E-state index in [0.717, 1.165) is 31.0 Å². The molecular weight excluding hydrogens is 382 g/mol. The molecule has 1 saturated heterocycles. The van der Waals surface area contributed by atoms with Crippen LogP contribution < -0.4 is 16.0 Å². The third kappa shape index (κ3) is 7.57. The maximum absolute atomic E-state index is 12.0.